The van der Waals surface area contributed by atoms with Crippen LogP contribution in [0.15, 0.2) is 38.3 Å². The highest BCUT2D eigenvalue weighted by Gasteiger charge is 2.02. The van der Waals surface area contributed by atoms with Gasteiger partial charge in [-0.25, -0.2) is 9.59 Å². The van der Waals surface area contributed by atoms with Crippen LogP contribution in [-0.2, 0) is 9.53 Å². The van der Waals surface area contributed by atoms with Crippen LogP contribution >= 0.6 is 0 Å². The fourth-order valence-electron chi connectivity index (χ4n) is 1.59. The Kier molecular flexibility index (Phi) is 3.61. The first kappa shape index (κ1) is 12.8. The number of benzene rings is 1. The van der Waals surface area contributed by atoms with Crippen LogP contribution in [0.4, 0.5) is 0 Å². The van der Waals surface area contributed by atoms with E-state index in [4.69, 9.17) is 0 Å². The summed E-state index contributed by atoms with van der Waals surface area (Å²) < 4.78 is 8.94. The number of carbonyl (C=O) groups excluding carboxylic acids is 1. The van der Waals surface area contributed by atoms with Crippen molar-refractivity contribution in [3.8, 4) is 0 Å². The molecule has 1 aromatic heterocycles. The van der Waals surface area contributed by atoms with Gasteiger partial charge in [0.1, 0.15) is 0 Å². The molecule has 6 nitrogen and oxygen atoms in total. The van der Waals surface area contributed by atoms with Gasteiger partial charge in [-0.3, -0.25) is 9.78 Å². The summed E-state index contributed by atoms with van der Waals surface area (Å²) in [6, 6.07) is 4.89. The highest BCUT2D eigenvalue weighted by Crippen LogP contribution is 2.10. The minimum absolute atomic E-state index is 0.148. The van der Waals surface area contributed by atoms with Crippen LogP contribution < -0.4 is 11.4 Å². The number of aromatic nitrogens is 1. The Morgan fingerprint density at radius 2 is 2.21 bits per heavy atom. The lowest BCUT2D eigenvalue weighted by atomic mass is 10.1. The molecule has 1 heterocycles. The summed E-state index contributed by atoms with van der Waals surface area (Å²) in [4.78, 5) is 35.8. The topological polar surface area (TPSA) is 89.4 Å². The van der Waals surface area contributed by atoms with Gasteiger partial charge in [-0.2, -0.15) is 0 Å². The molecule has 0 radical (unpaired) electrons. The van der Waals surface area contributed by atoms with E-state index in [1.54, 1.807) is 30.4 Å². The number of rotatable bonds is 3. The highest BCUT2D eigenvalue weighted by molar-refractivity contribution is 5.80. The Bertz CT molecular complexity index is 753. The quantitative estimate of drug-likeness (QED) is 0.834. The van der Waals surface area contributed by atoms with E-state index in [0.29, 0.717) is 5.52 Å². The first-order valence-corrected chi connectivity index (χ1v) is 5.50. The van der Waals surface area contributed by atoms with E-state index in [2.05, 4.69) is 14.1 Å². The minimum atomic E-state index is -0.786. The van der Waals surface area contributed by atoms with Crippen molar-refractivity contribution >= 4 is 22.9 Å². The van der Waals surface area contributed by atoms with E-state index in [0.717, 1.165) is 5.56 Å². The zero-order chi connectivity index (χ0) is 13.8. The van der Waals surface area contributed by atoms with Crippen LogP contribution in [0.25, 0.3) is 17.0 Å². The maximum Gasteiger partial charge on any atom is 0.419 e. The van der Waals surface area contributed by atoms with E-state index in [1.807, 2.05) is 0 Å². The molecule has 2 aromatic rings. The Balaban J connectivity index is 2.34. The second kappa shape index (κ2) is 5.34. The van der Waals surface area contributed by atoms with Gasteiger partial charge in [-0.05, 0) is 17.7 Å². The molecule has 0 saturated heterocycles. The molecule has 0 aliphatic rings. The lowest BCUT2D eigenvalue weighted by Gasteiger charge is -1.97. The lowest BCUT2D eigenvalue weighted by Crippen LogP contribution is -2.14. The van der Waals surface area contributed by atoms with E-state index >= 15 is 0 Å². The summed E-state index contributed by atoms with van der Waals surface area (Å²) in [6.07, 6.45) is 3.45. The second-order valence-corrected chi connectivity index (χ2v) is 3.79. The highest BCUT2D eigenvalue weighted by atomic mass is 16.5. The number of aromatic amines is 1. The number of nitrogens with one attached hydrogen (secondary N) is 1. The predicted molar refractivity (Wildman–Crippen MR) is 68.8 cm³/mol. The largest absolute Gasteiger partial charge is 0.469 e. The van der Waals surface area contributed by atoms with Gasteiger partial charge in [-0.15, -0.1) is 0 Å². The monoisotopic (exact) mass is 261 g/mol. The van der Waals surface area contributed by atoms with Crippen molar-refractivity contribution in [2.24, 2.45) is 0 Å². The third kappa shape index (κ3) is 2.98. The number of fused-ring (bicyclic) bond motifs is 1. The molecule has 0 fully saturated rings. The molecule has 6 heteroatoms. The molecule has 2 rings (SSSR count). The van der Waals surface area contributed by atoms with E-state index in [9.17, 15) is 14.4 Å². The second-order valence-electron chi connectivity index (χ2n) is 3.79. The molecular weight excluding hydrogens is 250 g/mol. The zero-order valence-corrected chi connectivity index (χ0v) is 10.1. The maximum absolute atomic E-state index is 11.5. The molecule has 19 heavy (non-hydrogen) atoms. The van der Waals surface area contributed by atoms with Crippen LogP contribution in [0.5, 0.6) is 0 Å². The fraction of sp³-hybridized carbons (Fsp3) is 0.154. The molecule has 0 bridgehead atoms. The first-order valence-electron chi connectivity index (χ1n) is 5.50. The lowest BCUT2D eigenvalue weighted by molar-refractivity contribution is -0.139. The van der Waals surface area contributed by atoms with Crippen LogP contribution in [0, 0.1) is 0 Å². The predicted octanol–water partition coefficient (Wildman–Crippen LogP) is 1.06. The Morgan fingerprint density at radius 1 is 1.42 bits per heavy atom. The Labute approximate surface area is 107 Å². The molecule has 0 amide bonds. The van der Waals surface area contributed by atoms with Gasteiger partial charge in [0, 0.05) is 0 Å². The van der Waals surface area contributed by atoms with Gasteiger partial charge in [0.25, 0.3) is 0 Å². The third-order valence-electron chi connectivity index (χ3n) is 2.51. The summed E-state index contributed by atoms with van der Waals surface area (Å²) >= 11 is 0. The minimum Gasteiger partial charge on any atom is -0.469 e. The van der Waals surface area contributed by atoms with E-state index < -0.39 is 11.4 Å². The Morgan fingerprint density at radius 3 is 2.95 bits per heavy atom. The maximum atomic E-state index is 11.5. The molecule has 0 atom stereocenters. The molecule has 0 saturated carbocycles. The summed E-state index contributed by atoms with van der Waals surface area (Å²) in [5.74, 6) is -1.13. The third-order valence-corrected chi connectivity index (χ3v) is 2.51. The molecule has 1 N–H and O–H groups in total. The smallest absolute Gasteiger partial charge is 0.419 e. The summed E-state index contributed by atoms with van der Waals surface area (Å²) in [6.45, 7) is 0. The molecule has 0 aliphatic carbocycles. The molecule has 0 aliphatic heterocycles. The number of hydrogen-bond acceptors (Lipinski definition) is 5. The molecular formula is C13H11NO5. The number of ether oxygens (including phenoxy) is 1. The van der Waals surface area contributed by atoms with Gasteiger partial charge in [0.15, 0.2) is 0 Å². The van der Waals surface area contributed by atoms with Crippen LogP contribution in [0.3, 0.4) is 0 Å². The number of esters is 1. The summed E-state index contributed by atoms with van der Waals surface area (Å²) in [7, 11) is 1.31. The van der Waals surface area contributed by atoms with Gasteiger partial charge in [0.2, 0.25) is 0 Å². The standard InChI is InChI=1S/C13H11NO5/c1-18-11(15)4-2-3-8-5-6-10-9(7-8)12(16)19-13(17)14-10/h2-3,5-7H,4H2,1H3,(H,14,17). The van der Waals surface area contributed by atoms with Crippen molar-refractivity contribution in [2.75, 3.05) is 7.11 Å². The SMILES string of the molecule is COC(=O)CC=Cc1ccc2[nH]c(=O)oc(=O)c2c1. The van der Waals surface area contributed by atoms with Crippen LogP contribution in [0.2, 0.25) is 0 Å². The normalized spacial score (nSPS) is 11.0. The first-order chi connectivity index (χ1) is 9.10. The van der Waals surface area contributed by atoms with Crippen molar-refractivity contribution in [3.05, 3.63) is 50.8 Å². The number of carbonyl (C=O) groups is 1. The Hall–Kier alpha value is -2.63. The average Bonchev–Trinajstić information content (AvgIpc) is 2.39. The van der Waals surface area contributed by atoms with Gasteiger partial charge < -0.3 is 9.15 Å². The van der Waals surface area contributed by atoms with Crippen molar-refractivity contribution in [2.45, 2.75) is 6.42 Å². The van der Waals surface area contributed by atoms with E-state index in [1.165, 1.54) is 7.11 Å². The number of methoxy groups -OCH3 is 1. The van der Waals surface area contributed by atoms with Gasteiger partial charge >= 0.3 is 17.4 Å². The van der Waals surface area contributed by atoms with Gasteiger partial charge in [-0.1, -0.05) is 18.2 Å². The van der Waals surface area contributed by atoms with Crippen LogP contribution in [-0.4, -0.2) is 18.1 Å². The van der Waals surface area contributed by atoms with E-state index in [-0.39, 0.29) is 17.8 Å². The van der Waals surface area contributed by atoms with Crippen LogP contribution in [0.1, 0.15) is 12.0 Å². The zero-order valence-electron chi connectivity index (χ0n) is 10.1. The van der Waals surface area contributed by atoms with Crippen molar-refractivity contribution in [1.82, 2.24) is 4.98 Å². The molecule has 1 aromatic carbocycles. The van der Waals surface area contributed by atoms with Crippen molar-refractivity contribution in [1.29, 1.82) is 0 Å². The van der Waals surface area contributed by atoms with Crippen molar-refractivity contribution in [3.63, 3.8) is 0 Å². The van der Waals surface area contributed by atoms with Crippen molar-refractivity contribution < 1.29 is 13.9 Å². The van der Waals surface area contributed by atoms with Gasteiger partial charge in [0.05, 0.1) is 24.4 Å². The number of hydrogen-bond donors (Lipinski definition) is 1. The molecule has 0 spiro atoms. The summed E-state index contributed by atoms with van der Waals surface area (Å²) in [5, 5.41) is 0.278. The fourth-order valence-corrected chi connectivity index (χ4v) is 1.59. The molecule has 98 valence electrons. The summed E-state index contributed by atoms with van der Waals surface area (Å²) in [5.41, 5.74) is 0.434. The molecule has 0 unspecified atom stereocenters. The number of H-pyrrole nitrogens is 1. The average molecular weight is 261 g/mol.